The predicted molar refractivity (Wildman–Crippen MR) is 65.8 cm³/mol. The van der Waals surface area contributed by atoms with Crippen molar-refractivity contribution in [3.05, 3.63) is 28.2 Å². The molecular weight excluding hydrogens is 270 g/mol. The summed E-state index contributed by atoms with van der Waals surface area (Å²) >= 11 is 3.29. The molecule has 0 fully saturated rings. The molecule has 5 heteroatoms. The third kappa shape index (κ3) is 3.55. The molecule has 0 bridgehead atoms. The van der Waals surface area contributed by atoms with E-state index in [9.17, 15) is 4.79 Å². The van der Waals surface area contributed by atoms with E-state index in [0.29, 0.717) is 11.3 Å². The van der Waals surface area contributed by atoms with Crippen molar-refractivity contribution >= 4 is 27.5 Å². The molecule has 3 N–H and O–H groups in total. The fourth-order valence-corrected chi connectivity index (χ4v) is 1.71. The van der Waals surface area contributed by atoms with Crippen LogP contribution in [0.5, 0.6) is 0 Å². The predicted octanol–water partition coefficient (Wildman–Crippen LogP) is 2.00. The van der Waals surface area contributed by atoms with Crippen LogP contribution in [0.4, 0.5) is 5.69 Å². The van der Waals surface area contributed by atoms with E-state index in [4.69, 9.17) is 11.0 Å². The van der Waals surface area contributed by atoms with Crippen molar-refractivity contribution in [3.63, 3.8) is 0 Å². The number of nitrogens with two attached hydrogens (primary N) is 1. The maximum absolute atomic E-state index is 10.7. The van der Waals surface area contributed by atoms with Crippen molar-refractivity contribution in [2.24, 2.45) is 5.73 Å². The first-order chi connectivity index (χ1) is 7.52. The van der Waals surface area contributed by atoms with Gasteiger partial charge in [-0.1, -0.05) is 15.9 Å². The van der Waals surface area contributed by atoms with Crippen LogP contribution in [0.25, 0.3) is 0 Å². The molecule has 1 aromatic rings. The van der Waals surface area contributed by atoms with Crippen LogP contribution in [0.3, 0.4) is 0 Å². The van der Waals surface area contributed by atoms with Gasteiger partial charge in [0, 0.05) is 16.9 Å². The number of amides is 1. The molecule has 0 saturated carbocycles. The average molecular weight is 282 g/mol. The molecule has 1 unspecified atom stereocenters. The summed E-state index contributed by atoms with van der Waals surface area (Å²) in [5, 5.41) is 12.0. The Morgan fingerprint density at radius 2 is 2.38 bits per heavy atom. The van der Waals surface area contributed by atoms with E-state index >= 15 is 0 Å². The third-order valence-corrected chi connectivity index (χ3v) is 2.50. The third-order valence-electron chi connectivity index (χ3n) is 2.01. The van der Waals surface area contributed by atoms with Gasteiger partial charge in [0.25, 0.3) is 0 Å². The molecule has 0 heterocycles. The van der Waals surface area contributed by atoms with Crippen LogP contribution in [0, 0.1) is 11.3 Å². The molecule has 0 aliphatic rings. The highest BCUT2D eigenvalue weighted by Crippen LogP contribution is 2.21. The van der Waals surface area contributed by atoms with Crippen molar-refractivity contribution < 1.29 is 4.79 Å². The second-order valence-corrected chi connectivity index (χ2v) is 4.43. The van der Waals surface area contributed by atoms with Crippen LogP contribution < -0.4 is 11.1 Å². The molecular formula is C11H12BrN3O. The van der Waals surface area contributed by atoms with Gasteiger partial charge in [0.2, 0.25) is 5.91 Å². The number of benzene rings is 1. The molecule has 1 atom stereocenters. The standard InChI is InChI=1S/C11H12BrN3O/c1-7(4-11(14)16)15-10-3-2-9(12)5-8(10)6-13/h2-3,5,7,15H,4H2,1H3,(H2,14,16). The SMILES string of the molecule is CC(CC(N)=O)Nc1ccc(Br)cc1C#N. The van der Waals surface area contributed by atoms with Crippen LogP contribution in [-0.2, 0) is 4.79 Å². The number of hydrogen-bond acceptors (Lipinski definition) is 3. The highest BCUT2D eigenvalue weighted by molar-refractivity contribution is 9.10. The van der Waals surface area contributed by atoms with Crippen LogP contribution in [0.2, 0.25) is 0 Å². The summed E-state index contributed by atoms with van der Waals surface area (Å²) in [5.74, 6) is -0.365. The Morgan fingerprint density at radius 3 is 2.94 bits per heavy atom. The Balaban J connectivity index is 2.81. The monoisotopic (exact) mass is 281 g/mol. The van der Waals surface area contributed by atoms with Gasteiger partial charge in [-0.25, -0.2) is 0 Å². The number of rotatable bonds is 4. The maximum Gasteiger partial charge on any atom is 0.219 e. The van der Waals surface area contributed by atoms with Gasteiger partial charge in [-0.15, -0.1) is 0 Å². The molecule has 0 spiro atoms. The summed E-state index contributed by atoms with van der Waals surface area (Å²) in [5.41, 5.74) is 6.33. The lowest BCUT2D eigenvalue weighted by Gasteiger charge is -2.14. The molecule has 16 heavy (non-hydrogen) atoms. The minimum absolute atomic E-state index is 0.0919. The number of nitriles is 1. The van der Waals surface area contributed by atoms with Crippen LogP contribution in [0.15, 0.2) is 22.7 Å². The lowest BCUT2D eigenvalue weighted by Crippen LogP contribution is -2.24. The van der Waals surface area contributed by atoms with Crippen molar-refractivity contribution in [1.82, 2.24) is 0 Å². The second kappa shape index (κ2) is 5.52. The number of primary amides is 1. The van der Waals surface area contributed by atoms with E-state index in [0.717, 1.165) is 4.47 Å². The zero-order chi connectivity index (χ0) is 12.1. The minimum atomic E-state index is -0.365. The van der Waals surface area contributed by atoms with Gasteiger partial charge in [0.1, 0.15) is 6.07 Å². The number of carbonyl (C=O) groups is 1. The molecule has 4 nitrogen and oxygen atoms in total. The fourth-order valence-electron chi connectivity index (χ4n) is 1.35. The van der Waals surface area contributed by atoms with E-state index in [1.165, 1.54) is 0 Å². The summed E-state index contributed by atoms with van der Waals surface area (Å²) in [6.45, 7) is 1.84. The zero-order valence-corrected chi connectivity index (χ0v) is 10.4. The first-order valence-corrected chi connectivity index (χ1v) is 5.56. The van der Waals surface area contributed by atoms with Gasteiger partial charge in [0.05, 0.1) is 11.3 Å². The van der Waals surface area contributed by atoms with Crippen LogP contribution >= 0.6 is 15.9 Å². The second-order valence-electron chi connectivity index (χ2n) is 3.52. The molecule has 0 radical (unpaired) electrons. The first kappa shape index (κ1) is 12.5. The van der Waals surface area contributed by atoms with Gasteiger partial charge < -0.3 is 11.1 Å². The van der Waals surface area contributed by atoms with Crippen LogP contribution in [0.1, 0.15) is 18.9 Å². The van der Waals surface area contributed by atoms with Crippen molar-refractivity contribution in [1.29, 1.82) is 5.26 Å². The molecule has 1 aromatic carbocycles. The first-order valence-electron chi connectivity index (χ1n) is 4.77. The number of hydrogen-bond donors (Lipinski definition) is 2. The Kier molecular flexibility index (Phi) is 4.32. The molecule has 1 amide bonds. The number of nitrogens with one attached hydrogen (secondary N) is 1. The van der Waals surface area contributed by atoms with Gasteiger partial charge in [0.15, 0.2) is 0 Å². The van der Waals surface area contributed by atoms with Crippen molar-refractivity contribution in [3.8, 4) is 6.07 Å². The summed E-state index contributed by atoms with van der Waals surface area (Å²) in [6, 6.07) is 7.34. The Bertz CT molecular complexity index is 439. The maximum atomic E-state index is 10.7. The Labute approximate surface area is 103 Å². The molecule has 0 saturated heterocycles. The molecule has 1 rings (SSSR count). The lowest BCUT2D eigenvalue weighted by atomic mass is 10.1. The van der Waals surface area contributed by atoms with E-state index in [-0.39, 0.29) is 18.4 Å². The van der Waals surface area contributed by atoms with Crippen molar-refractivity contribution in [2.45, 2.75) is 19.4 Å². The highest BCUT2D eigenvalue weighted by atomic mass is 79.9. The van der Waals surface area contributed by atoms with E-state index in [2.05, 4.69) is 27.3 Å². The van der Waals surface area contributed by atoms with Gasteiger partial charge in [-0.2, -0.15) is 5.26 Å². The van der Waals surface area contributed by atoms with Crippen LogP contribution in [-0.4, -0.2) is 11.9 Å². The molecule has 0 aromatic heterocycles. The van der Waals surface area contributed by atoms with E-state index in [1.54, 1.807) is 12.1 Å². The summed E-state index contributed by atoms with van der Waals surface area (Å²) < 4.78 is 0.845. The normalized spacial score (nSPS) is 11.6. The van der Waals surface area contributed by atoms with E-state index in [1.807, 2.05) is 13.0 Å². The minimum Gasteiger partial charge on any atom is -0.381 e. The quantitative estimate of drug-likeness (QED) is 0.886. The number of halogens is 1. The molecule has 0 aliphatic carbocycles. The number of nitrogens with zero attached hydrogens (tertiary/aromatic N) is 1. The topological polar surface area (TPSA) is 78.9 Å². The van der Waals surface area contributed by atoms with Crippen molar-refractivity contribution in [2.75, 3.05) is 5.32 Å². The lowest BCUT2D eigenvalue weighted by molar-refractivity contribution is -0.118. The summed E-state index contributed by atoms with van der Waals surface area (Å²) in [7, 11) is 0. The Hall–Kier alpha value is -1.54. The smallest absolute Gasteiger partial charge is 0.219 e. The number of carbonyl (C=O) groups excluding carboxylic acids is 1. The Morgan fingerprint density at radius 1 is 1.69 bits per heavy atom. The zero-order valence-electron chi connectivity index (χ0n) is 8.83. The number of anilines is 1. The summed E-state index contributed by atoms with van der Waals surface area (Å²) in [6.07, 6.45) is 0.237. The largest absolute Gasteiger partial charge is 0.381 e. The summed E-state index contributed by atoms with van der Waals surface area (Å²) in [4.78, 5) is 10.7. The van der Waals surface area contributed by atoms with Gasteiger partial charge in [-0.05, 0) is 25.1 Å². The highest BCUT2D eigenvalue weighted by Gasteiger charge is 2.08. The molecule has 0 aliphatic heterocycles. The fraction of sp³-hybridized carbons (Fsp3) is 0.273. The van der Waals surface area contributed by atoms with Gasteiger partial charge in [-0.3, -0.25) is 4.79 Å². The van der Waals surface area contributed by atoms with E-state index < -0.39 is 0 Å². The average Bonchev–Trinajstić information content (AvgIpc) is 2.19. The molecule has 84 valence electrons. The van der Waals surface area contributed by atoms with Gasteiger partial charge >= 0.3 is 0 Å².